The van der Waals surface area contributed by atoms with Gasteiger partial charge in [0.15, 0.2) is 5.82 Å². The number of esters is 1. The van der Waals surface area contributed by atoms with Gasteiger partial charge in [-0.05, 0) is 55.4 Å². The van der Waals surface area contributed by atoms with Crippen LogP contribution in [0.3, 0.4) is 0 Å². The lowest BCUT2D eigenvalue weighted by Gasteiger charge is -2.38. The molecule has 0 aliphatic carbocycles. The fourth-order valence-electron chi connectivity index (χ4n) is 4.98. The Bertz CT molecular complexity index is 1080. The molecule has 2 aromatic heterocycles. The highest BCUT2D eigenvalue weighted by Crippen LogP contribution is 2.49. The summed E-state index contributed by atoms with van der Waals surface area (Å²) in [5, 5.41) is 40.6. The van der Waals surface area contributed by atoms with Crippen LogP contribution in [0.15, 0.2) is 30.2 Å². The quantitative estimate of drug-likeness (QED) is 0.528. The lowest BCUT2D eigenvalue weighted by molar-refractivity contribution is -0.144. The van der Waals surface area contributed by atoms with Gasteiger partial charge in [-0.25, -0.2) is 4.79 Å². The Hall–Kier alpha value is -3.29. The zero-order valence-electron chi connectivity index (χ0n) is 18.0. The molecule has 13 heteroatoms. The number of aromatic nitrogens is 6. The molecule has 2 fully saturated rings. The van der Waals surface area contributed by atoms with Crippen LogP contribution in [0, 0.1) is 5.41 Å². The molecule has 3 aliphatic rings. The van der Waals surface area contributed by atoms with E-state index in [4.69, 9.17) is 4.74 Å². The number of carbonyl (C=O) groups is 2. The normalized spacial score (nSPS) is 26.0. The van der Waals surface area contributed by atoms with Crippen molar-refractivity contribution in [2.24, 2.45) is 5.41 Å². The maximum absolute atomic E-state index is 13.3. The summed E-state index contributed by atoms with van der Waals surface area (Å²) in [6, 6.07) is 3.35. The van der Waals surface area contributed by atoms with Crippen molar-refractivity contribution in [1.82, 2.24) is 40.2 Å². The van der Waals surface area contributed by atoms with E-state index >= 15 is 0 Å². The molecule has 2 atom stereocenters. The minimum Gasteiger partial charge on any atom is -0.456 e. The molecule has 1 amide bonds. The third-order valence-electron chi connectivity index (χ3n) is 6.59. The van der Waals surface area contributed by atoms with E-state index < -0.39 is 23.2 Å². The maximum atomic E-state index is 13.3. The molecule has 0 aromatic carbocycles. The van der Waals surface area contributed by atoms with Crippen molar-refractivity contribution >= 4 is 11.9 Å². The van der Waals surface area contributed by atoms with Gasteiger partial charge in [0.25, 0.3) is 0 Å². The number of nitrogens with zero attached hydrogens (tertiary/aromatic N) is 8. The molecule has 0 bridgehead atoms. The van der Waals surface area contributed by atoms with Crippen LogP contribution >= 0.6 is 0 Å². The number of rotatable bonds is 5. The number of ether oxygens (including phenoxy) is 1. The summed E-state index contributed by atoms with van der Waals surface area (Å²) in [7, 11) is 0. The molecule has 1 spiro atoms. The molecule has 174 valence electrons. The highest BCUT2D eigenvalue weighted by atomic mass is 16.5. The molecule has 2 aromatic rings. The van der Waals surface area contributed by atoms with Gasteiger partial charge in [0.1, 0.15) is 24.8 Å². The first kappa shape index (κ1) is 21.6. The van der Waals surface area contributed by atoms with Gasteiger partial charge in [-0.15, -0.1) is 10.2 Å². The minimum absolute atomic E-state index is 0.0115. The summed E-state index contributed by atoms with van der Waals surface area (Å²) in [5.74, 6) is -0.245. The van der Waals surface area contributed by atoms with Gasteiger partial charge in [-0.1, -0.05) is 0 Å². The van der Waals surface area contributed by atoms with Gasteiger partial charge in [-0.2, -0.15) is 9.78 Å². The van der Waals surface area contributed by atoms with Gasteiger partial charge in [0.2, 0.25) is 5.91 Å². The van der Waals surface area contributed by atoms with Crippen LogP contribution in [-0.2, 0) is 14.3 Å². The Morgan fingerprint density at radius 3 is 2.61 bits per heavy atom. The number of hydrogen-bond acceptors (Lipinski definition) is 11. The molecule has 3 aliphatic heterocycles. The Balaban J connectivity index is 1.21. The number of carbonyl (C=O) groups excluding carboxylic acids is 2. The Kier molecular flexibility index (Phi) is 5.18. The molecule has 2 N–H and O–H groups in total. The van der Waals surface area contributed by atoms with Gasteiger partial charge in [-0.3, -0.25) is 9.69 Å². The smallest absolute Gasteiger partial charge is 0.333 e. The van der Waals surface area contributed by atoms with E-state index in [2.05, 4.69) is 30.6 Å². The van der Waals surface area contributed by atoms with Crippen molar-refractivity contribution in [3.8, 4) is 5.82 Å². The van der Waals surface area contributed by atoms with Crippen LogP contribution in [0.2, 0.25) is 0 Å². The van der Waals surface area contributed by atoms with E-state index in [0.29, 0.717) is 49.7 Å². The topological polar surface area (TPSA) is 160 Å². The lowest BCUT2D eigenvalue weighted by Crippen LogP contribution is -2.46. The number of β-amino-alcohol motifs (C(OH)–C–C–N with tert-alkyl or cyclic N) is 1. The summed E-state index contributed by atoms with van der Waals surface area (Å²) in [6.45, 7) is 3.09. The fraction of sp³-hybridized carbons (Fsp3) is 0.550. The number of tetrazole rings is 1. The summed E-state index contributed by atoms with van der Waals surface area (Å²) in [6.07, 6.45) is 3.18. The lowest BCUT2D eigenvalue weighted by atomic mass is 9.75. The zero-order valence-corrected chi connectivity index (χ0v) is 18.0. The molecule has 0 saturated carbocycles. The summed E-state index contributed by atoms with van der Waals surface area (Å²) < 4.78 is 6.30. The zero-order chi connectivity index (χ0) is 23.2. The molecule has 5 heterocycles. The molecule has 2 saturated heterocycles. The second kappa shape index (κ2) is 7.93. The van der Waals surface area contributed by atoms with Crippen LogP contribution in [0.4, 0.5) is 0 Å². The van der Waals surface area contributed by atoms with E-state index in [1.54, 1.807) is 19.1 Å². The molecule has 2 unspecified atom stereocenters. The molecule has 13 nitrogen and oxygen atoms in total. The third kappa shape index (κ3) is 3.87. The third-order valence-corrected chi connectivity index (χ3v) is 6.59. The van der Waals surface area contributed by atoms with E-state index in [-0.39, 0.29) is 18.9 Å². The number of aliphatic hydroxyl groups excluding tert-OH is 1. The number of likely N-dealkylation sites (tertiary alicyclic amines) is 2. The predicted octanol–water partition coefficient (Wildman–Crippen LogP) is -1.05. The highest BCUT2D eigenvalue weighted by Gasteiger charge is 2.58. The van der Waals surface area contributed by atoms with Crippen molar-refractivity contribution < 1.29 is 24.5 Å². The number of piperidine rings is 1. The number of aliphatic hydroxyl groups is 2. The fourth-order valence-corrected chi connectivity index (χ4v) is 4.98. The SMILES string of the molecule is CC1(O)CC2(CCN(CC(O)c3ccc(-n4cnnn4)nn3)CC2)C(=O)N1C1=CC(=O)OC1. The largest absolute Gasteiger partial charge is 0.456 e. The van der Waals surface area contributed by atoms with Crippen LogP contribution in [0.25, 0.3) is 5.82 Å². The van der Waals surface area contributed by atoms with Crippen LogP contribution in [-0.4, -0.2) is 94.3 Å². The average molecular weight is 456 g/mol. The summed E-state index contributed by atoms with van der Waals surface area (Å²) >= 11 is 0. The average Bonchev–Trinajstić information content (AvgIpc) is 3.50. The van der Waals surface area contributed by atoms with Crippen molar-refractivity contribution in [1.29, 1.82) is 0 Å². The second-order valence-corrected chi connectivity index (χ2v) is 8.95. The van der Waals surface area contributed by atoms with E-state index in [0.717, 1.165) is 0 Å². The van der Waals surface area contributed by atoms with Crippen LogP contribution < -0.4 is 0 Å². The molecule has 5 rings (SSSR count). The van der Waals surface area contributed by atoms with E-state index in [1.807, 2.05) is 0 Å². The monoisotopic (exact) mass is 456 g/mol. The first-order valence-corrected chi connectivity index (χ1v) is 10.7. The first-order chi connectivity index (χ1) is 15.8. The summed E-state index contributed by atoms with van der Waals surface area (Å²) in [4.78, 5) is 28.2. The first-order valence-electron chi connectivity index (χ1n) is 10.7. The minimum atomic E-state index is -1.38. The van der Waals surface area contributed by atoms with E-state index in [1.165, 1.54) is 22.0 Å². The van der Waals surface area contributed by atoms with Crippen molar-refractivity contribution in [3.05, 3.63) is 35.9 Å². The maximum Gasteiger partial charge on any atom is 0.333 e. The number of hydrogen-bond donors (Lipinski definition) is 2. The van der Waals surface area contributed by atoms with Gasteiger partial charge in [0, 0.05) is 19.0 Å². The van der Waals surface area contributed by atoms with Gasteiger partial charge < -0.3 is 19.8 Å². The second-order valence-electron chi connectivity index (χ2n) is 8.95. The van der Waals surface area contributed by atoms with Crippen molar-refractivity contribution in [3.63, 3.8) is 0 Å². The van der Waals surface area contributed by atoms with Gasteiger partial charge in [0.05, 0.1) is 16.8 Å². The molecule has 33 heavy (non-hydrogen) atoms. The Morgan fingerprint density at radius 2 is 2.00 bits per heavy atom. The summed E-state index contributed by atoms with van der Waals surface area (Å²) in [5.41, 5.74) is -1.26. The van der Waals surface area contributed by atoms with E-state index in [9.17, 15) is 19.8 Å². The molecular weight excluding hydrogens is 432 g/mol. The standard InChI is InChI=1S/C20H24N8O5/c1-19(32)11-20(18(31)28(19)13-8-17(30)33-10-13)4-6-26(7-5-20)9-15(29)14-2-3-16(23-22-14)27-12-21-24-25-27/h2-3,8,12,15,29,32H,4-7,9-11H2,1H3. The van der Waals surface area contributed by atoms with Gasteiger partial charge >= 0.3 is 5.97 Å². The Morgan fingerprint density at radius 1 is 1.21 bits per heavy atom. The van der Waals surface area contributed by atoms with Crippen LogP contribution in [0.5, 0.6) is 0 Å². The molecular formula is C20H24N8O5. The van der Waals surface area contributed by atoms with Crippen LogP contribution in [0.1, 0.15) is 38.0 Å². The Labute approximate surface area is 188 Å². The number of cyclic esters (lactones) is 1. The van der Waals surface area contributed by atoms with Crippen molar-refractivity contribution in [2.45, 2.75) is 38.0 Å². The molecule has 0 radical (unpaired) electrons. The highest BCUT2D eigenvalue weighted by molar-refractivity contribution is 5.91. The van der Waals surface area contributed by atoms with Crippen molar-refractivity contribution in [2.75, 3.05) is 26.2 Å². The number of amides is 1. The predicted molar refractivity (Wildman–Crippen MR) is 109 cm³/mol.